The maximum atomic E-state index is 13.4. The van der Waals surface area contributed by atoms with Crippen molar-refractivity contribution in [2.75, 3.05) is 41.3 Å². The first-order valence-corrected chi connectivity index (χ1v) is 12.2. The Kier molecular flexibility index (Phi) is 5.82. The molecule has 3 aliphatic heterocycles. The molecule has 3 amide bonds. The van der Waals surface area contributed by atoms with Gasteiger partial charge in [-0.3, -0.25) is 19.3 Å². The second-order valence-electron chi connectivity index (χ2n) is 8.57. The van der Waals surface area contributed by atoms with E-state index in [4.69, 9.17) is 0 Å². The van der Waals surface area contributed by atoms with E-state index in [1.165, 1.54) is 11.3 Å². The Balaban J connectivity index is 1.46. The SMILES string of the molecule is O=C(CN1C(=O)[C@H]2CCCCN2c2ccc(C(=O)N3CCCCC3)cc21)Nc1nccs1. The van der Waals surface area contributed by atoms with Crippen LogP contribution in [0, 0.1) is 0 Å². The van der Waals surface area contributed by atoms with Crippen molar-refractivity contribution >= 4 is 45.6 Å². The number of aromatic nitrogens is 1. The third-order valence-corrected chi connectivity index (χ3v) is 7.19. The van der Waals surface area contributed by atoms with Gasteiger partial charge in [0.15, 0.2) is 5.13 Å². The highest BCUT2D eigenvalue weighted by Gasteiger charge is 2.40. The van der Waals surface area contributed by atoms with E-state index < -0.39 is 0 Å². The monoisotopic (exact) mass is 453 g/mol. The molecular weight excluding hydrogens is 426 g/mol. The van der Waals surface area contributed by atoms with Crippen LogP contribution >= 0.6 is 11.3 Å². The minimum absolute atomic E-state index is 0.00657. The van der Waals surface area contributed by atoms with Crippen molar-refractivity contribution in [2.45, 2.75) is 44.6 Å². The van der Waals surface area contributed by atoms with Gasteiger partial charge in [0.05, 0.1) is 11.4 Å². The molecule has 1 aromatic carbocycles. The summed E-state index contributed by atoms with van der Waals surface area (Å²) < 4.78 is 0. The molecule has 2 aromatic rings. The van der Waals surface area contributed by atoms with Crippen molar-refractivity contribution in [3.8, 4) is 0 Å². The van der Waals surface area contributed by atoms with Crippen LogP contribution in [0.2, 0.25) is 0 Å². The van der Waals surface area contributed by atoms with Crippen molar-refractivity contribution in [1.82, 2.24) is 9.88 Å². The van der Waals surface area contributed by atoms with Crippen LogP contribution < -0.4 is 15.1 Å². The summed E-state index contributed by atoms with van der Waals surface area (Å²) in [4.78, 5) is 49.0. The summed E-state index contributed by atoms with van der Waals surface area (Å²) in [6.07, 6.45) is 7.62. The van der Waals surface area contributed by atoms with Crippen LogP contribution in [0.15, 0.2) is 29.8 Å². The zero-order chi connectivity index (χ0) is 22.1. The van der Waals surface area contributed by atoms with Crippen LogP contribution in [0.5, 0.6) is 0 Å². The molecule has 9 heteroatoms. The molecule has 2 saturated heterocycles. The number of carbonyl (C=O) groups excluding carboxylic acids is 3. The average molecular weight is 454 g/mol. The highest BCUT2D eigenvalue weighted by Crippen LogP contribution is 2.40. The standard InChI is InChI=1S/C23H27N5O3S/c29-20(25-23-24-9-13-32-23)15-28-19-14-16(21(30)26-10-3-1-4-11-26)7-8-17(19)27-12-5-2-6-18(27)22(28)31/h7-9,13-14,18H,1-6,10-12,15H2,(H,24,25,29)/t18-/m1/s1. The van der Waals surface area contributed by atoms with E-state index in [0.29, 0.717) is 16.4 Å². The van der Waals surface area contributed by atoms with Crippen LogP contribution in [-0.2, 0) is 9.59 Å². The number of fused-ring (bicyclic) bond motifs is 3. The molecular formula is C23H27N5O3S. The number of hydrogen-bond acceptors (Lipinski definition) is 6. The van der Waals surface area contributed by atoms with Gasteiger partial charge in [-0.25, -0.2) is 4.98 Å². The van der Waals surface area contributed by atoms with Crippen molar-refractivity contribution in [1.29, 1.82) is 0 Å². The molecule has 1 aromatic heterocycles. The van der Waals surface area contributed by atoms with E-state index >= 15 is 0 Å². The largest absolute Gasteiger partial charge is 0.358 e. The molecule has 0 spiro atoms. The second kappa shape index (κ2) is 8.90. The lowest BCUT2D eigenvalue weighted by molar-refractivity contribution is -0.123. The molecule has 3 aliphatic rings. The Morgan fingerprint density at radius 1 is 1.06 bits per heavy atom. The molecule has 168 valence electrons. The Morgan fingerprint density at radius 3 is 2.66 bits per heavy atom. The lowest BCUT2D eigenvalue weighted by atomic mass is 9.95. The Bertz CT molecular complexity index is 1020. The van der Waals surface area contributed by atoms with Gasteiger partial charge < -0.3 is 15.1 Å². The summed E-state index contributed by atoms with van der Waals surface area (Å²) in [5, 5.41) is 5.06. The average Bonchev–Trinajstić information content (AvgIpc) is 3.34. The molecule has 1 atom stereocenters. The minimum atomic E-state index is -0.295. The number of likely N-dealkylation sites (tertiary alicyclic amines) is 1. The van der Waals surface area contributed by atoms with Crippen LogP contribution in [0.1, 0.15) is 48.9 Å². The number of nitrogens with one attached hydrogen (secondary N) is 1. The topological polar surface area (TPSA) is 85.9 Å². The lowest BCUT2D eigenvalue weighted by Crippen LogP contribution is -2.56. The van der Waals surface area contributed by atoms with E-state index in [1.54, 1.807) is 22.5 Å². The molecule has 0 unspecified atom stereocenters. The number of carbonyl (C=O) groups is 3. The van der Waals surface area contributed by atoms with Gasteiger partial charge in [-0.1, -0.05) is 0 Å². The number of amides is 3. The molecule has 0 aliphatic carbocycles. The first-order chi connectivity index (χ1) is 15.6. The molecule has 8 nitrogen and oxygen atoms in total. The fraction of sp³-hybridized carbons (Fsp3) is 0.478. The predicted octanol–water partition coefficient (Wildman–Crippen LogP) is 3.11. The fourth-order valence-corrected chi connectivity index (χ4v) is 5.47. The van der Waals surface area contributed by atoms with E-state index in [2.05, 4.69) is 15.2 Å². The van der Waals surface area contributed by atoms with E-state index in [-0.39, 0.29) is 30.3 Å². The highest BCUT2D eigenvalue weighted by atomic mass is 32.1. The van der Waals surface area contributed by atoms with Gasteiger partial charge in [-0.05, 0) is 56.7 Å². The van der Waals surface area contributed by atoms with Crippen molar-refractivity contribution < 1.29 is 14.4 Å². The third kappa shape index (κ3) is 3.97. The van der Waals surface area contributed by atoms with Crippen LogP contribution in [0.4, 0.5) is 16.5 Å². The second-order valence-corrected chi connectivity index (χ2v) is 9.47. The smallest absolute Gasteiger partial charge is 0.253 e. The van der Waals surface area contributed by atoms with Gasteiger partial charge >= 0.3 is 0 Å². The van der Waals surface area contributed by atoms with E-state index in [1.807, 2.05) is 17.0 Å². The zero-order valence-corrected chi connectivity index (χ0v) is 18.8. The third-order valence-electron chi connectivity index (χ3n) is 6.50. The molecule has 5 rings (SSSR count). The number of piperidine rings is 2. The normalized spacial score (nSPS) is 20.6. The molecule has 2 fully saturated rings. The Labute approximate surface area is 191 Å². The number of anilines is 3. The first kappa shape index (κ1) is 20.9. The number of thiazole rings is 1. The van der Waals surface area contributed by atoms with Gasteiger partial charge in [0.1, 0.15) is 12.6 Å². The number of benzene rings is 1. The minimum Gasteiger partial charge on any atom is -0.358 e. The van der Waals surface area contributed by atoms with Crippen molar-refractivity contribution in [3.05, 3.63) is 35.3 Å². The maximum Gasteiger partial charge on any atom is 0.253 e. The van der Waals surface area contributed by atoms with Gasteiger partial charge in [0, 0.05) is 36.8 Å². The van der Waals surface area contributed by atoms with Gasteiger partial charge in [-0.2, -0.15) is 0 Å². The Morgan fingerprint density at radius 2 is 1.88 bits per heavy atom. The van der Waals surface area contributed by atoms with Crippen molar-refractivity contribution in [2.24, 2.45) is 0 Å². The molecule has 32 heavy (non-hydrogen) atoms. The van der Waals surface area contributed by atoms with Crippen molar-refractivity contribution in [3.63, 3.8) is 0 Å². The molecule has 0 radical (unpaired) electrons. The van der Waals surface area contributed by atoms with Gasteiger partial charge in [0.25, 0.3) is 5.91 Å². The van der Waals surface area contributed by atoms with E-state index in [9.17, 15) is 14.4 Å². The predicted molar refractivity (Wildman–Crippen MR) is 124 cm³/mol. The summed E-state index contributed by atoms with van der Waals surface area (Å²) in [5.74, 6) is -0.377. The summed E-state index contributed by atoms with van der Waals surface area (Å²) in [5.41, 5.74) is 2.14. The molecule has 0 saturated carbocycles. The van der Waals surface area contributed by atoms with Gasteiger partial charge in [0.2, 0.25) is 11.8 Å². The number of nitrogens with zero attached hydrogens (tertiary/aromatic N) is 4. The highest BCUT2D eigenvalue weighted by molar-refractivity contribution is 7.13. The molecule has 1 N–H and O–H groups in total. The lowest BCUT2D eigenvalue weighted by Gasteiger charge is -2.45. The van der Waals surface area contributed by atoms with Crippen LogP contribution in [0.3, 0.4) is 0 Å². The molecule has 0 bridgehead atoms. The number of hydrogen-bond donors (Lipinski definition) is 1. The summed E-state index contributed by atoms with van der Waals surface area (Å²) in [7, 11) is 0. The first-order valence-electron chi connectivity index (χ1n) is 11.3. The fourth-order valence-electron chi connectivity index (χ4n) is 4.92. The molecule has 4 heterocycles. The number of rotatable bonds is 4. The summed E-state index contributed by atoms with van der Waals surface area (Å²) >= 11 is 1.34. The van der Waals surface area contributed by atoms with Gasteiger partial charge in [-0.15, -0.1) is 11.3 Å². The zero-order valence-electron chi connectivity index (χ0n) is 18.0. The van der Waals surface area contributed by atoms with E-state index in [0.717, 1.165) is 63.8 Å². The van der Waals surface area contributed by atoms with Crippen LogP contribution in [0.25, 0.3) is 0 Å². The summed E-state index contributed by atoms with van der Waals surface area (Å²) in [6, 6.07) is 5.35. The maximum absolute atomic E-state index is 13.4. The Hall–Kier alpha value is -2.94. The summed E-state index contributed by atoms with van der Waals surface area (Å²) in [6.45, 7) is 2.24. The van der Waals surface area contributed by atoms with Crippen LogP contribution in [-0.4, -0.2) is 59.8 Å². The quantitative estimate of drug-likeness (QED) is 0.769.